The largest absolute Gasteiger partial charge is 0.487 e. The lowest BCUT2D eigenvalue weighted by atomic mass is 10.2. The number of non-ortho nitro benzene ring substituents is 1. The Hall–Kier alpha value is -3.62. The molecule has 3 aromatic rings. The third-order valence-electron chi connectivity index (χ3n) is 4.71. The Bertz CT molecular complexity index is 1270. The van der Waals surface area contributed by atoms with Crippen LogP contribution in [-0.2, 0) is 11.4 Å². The van der Waals surface area contributed by atoms with Crippen molar-refractivity contribution < 1.29 is 14.5 Å². The third-order valence-corrected chi connectivity index (χ3v) is 5.92. The topological polar surface area (TPSA) is 93.8 Å². The summed E-state index contributed by atoms with van der Waals surface area (Å²) in [6.45, 7) is 2.22. The van der Waals surface area contributed by atoms with Crippen molar-refractivity contribution in [3.8, 4) is 5.75 Å². The fourth-order valence-electron chi connectivity index (χ4n) is 2.97. The average molecular weight is 480 g/mol. The van der Waals surface area contributed by atoms with E-state index in [2.05, 4.69) is 10.3 Å². The number of benzene rings is 3. The summed E-state index contributed by atoms with van der Waals surface area (Å²) in [7, 11) is 0. The second-order valence-electron chi connectivity index (χ2n) is 7.22. The second-order valence-corrected chi connectivity index (χ2v) is 8.66. The number of carbonyl (C=O) groups is 1. The highest BCUT2D eigenvalue weighted by Crippen LogP contribution is 2.31. The Balaban J connectivity index is 1.42. The molecule has 1 N–H and O–H groups in total. The lowest BCUT2D eigenvalue weighted by molar-refractivity contribution is -0.384. The molecule has 1 heterocycles. The Morgan fingerprint density at radius 3 is 2.52 bits per heavy atom. The van der Waals surface area contributed by atoms with Crippen molar-refractivity contribution in [2.24, 2.45) is 4.99 Å². The van der Waals surface area contributed by atoms with Gasteiger partial charge >= 0.3 is 0 Å². The highest BCUT2D eigenvalue weighted by Gasteiger charge is 2.24. The first kappa shape index (κ1) is 22.6. The average Bonchev–Trinajstić information content (AvgIpc) is 3.13. The van der Waals surface area contributed by atoms with E-state index in [0.29, 0.717) is 20.8 Å². The molecular formula is C24H18ClN3O4S. The van der Waals surface area contributed by atoms with Crippen LogP contribution in [0.2, 0.25) is 5.02 Å². The van der Waals surface area contributed by atoms with Crippen molar-refractivity contribution >= 4 is 51.9 Å². The van der Waals surface area contributed by atoms with Gasteiger partial charge in [0, 0.05) is 12.1 Å². The molecule has 1 fully saturated rings. The van der Waals surface area contributed by atoms with E-state index < -0.39 is 4.92 Å². The van der Waals surface area contributed by atoms with E-state index >= 15 is 0 Å². The van der Waals surface area contributed by atoms with E-state index in [4.69, 9.17) is 16.3 Å². The maximum absolute atomic E-state index is 12.3. The lowest BCUT2D eigenvalue weighted by Gasteiger charge is -2.09. The van der Waals surface area contributed by atoms with E-state index in [9.17, 15) is 14.9 Å². The van der Waals surface area contributed by atoms with E-state index in [1.54, 1.807) is 36.4 Å². The first-order chi connectivity index (χ1) is 15.9. The third kappa shape index (κ3) is 5.79. The highest BCUT2D eigenvalue weighted by atomic mass is 35.5. The normalized spacial score (nSPS) is 15.6. The molecule has 166 valence electrons. The summed E-state index contributed by atoms with van der Waals surface area (Å²) in [6, 6.07) is 19.1. The zero-order chi connectivity index (χ0) is 23.4. The van der Waals surface area contributed by atoms with Crippen LogP contribution >= 0.6 is 23.4 Å². The Labute approximate surface area is 199 Å². The molecule has 0 spiro atoms. The summed E-state index contributed by atoms with van der Waals surface area (Å²) in [5.41, 5.74) is 3.45. The number of nitrogens with one attached hydrogen (secondary N) is 1. The molecule has 1 aliphatic rings. The Morgan fingerprint density at radius 2 is 1.85 bits per heavy atom. The van der Waals surface area contributed by atoms with Gasteiger partial charge in [-0.15, -0.1) is 0 Å². The number of thioether (sulfide) groups is 1. The van der Waals surface area contributed by atoms with Crippen LogP contribution in [-0.4, -0.2) is 16.0 Å². The number of nitro benzene ring substituents is 1. The predicted molar refractivity (Wildman–Crippen MR) is 131 cm³/mol. The maximum atomic E-state index is 12.3. The van der Waals surface area contributed by atoms with E-state index in [1.807, 2.05) is 31.2 Å². The number of aliphatic imine (C=N–C) groups is 1. The van der Waals surface area contributed by atoms with Gasteiger partial charge in [-0.05, 0) is 72.3 Å². The smallest absolute Gasteiger partial charge is 0.269 e. The van der Waals surface area contributed by atoms with Crippen molar-refractivity contribution in [2.45, 2.75) is 13.5 Å². The number of hydrogen-bond donors (Lipinski definition) is 1. The summed E-state index contributed by atoms with van der Waals surface area (Å²) in [6.07, 6.45) is 1.74. The predicted octanol–water partition coefficient (Wildman–Crippen LogP) is 6.03. The van der Waals surface area contributed by atoms with Crippen LogP contribution in [0.3, 0.4) is 0 Å². The summed E-state index contributed by atoms with van der Waals surface area (Å²) in [5, 5.41) is 14.4. The number of rotatable bonds is 6. The van der Waals surface area contributed by atoms with Gasteiger partial charge in [-0.2, -0.15) is 0 Å². The number of nitro groups is 1. The van der Waals surface area contributed by atoms with E-state index in [-0.39, 0.29) is 18.2 Å². The number of hydrogen-bond acceptors (Lipinski definition) is 6. The molecule has 0 saturated carbocycles. The number of nitrogens with zero attached hydrogens (tertiary/aromatic N) is 2. The molecule has 1 aliphatic heterocycles. The molecule has 0 atom stereocenters. The number of carbonyl (C=O) groups excluding carboxylic acids is 1. The summed E-state index contributed by atoms with van der Waals surface area (Å²) < 4.78 is 5.74. The highest BCUT2D eigenvalue weighted by molar-refractivity contribution is 8.18. The van der Waals surface area contributed by atoms with Crippen LogP contribution in [0.25, 0.3) is 6.08 Å². The molecule has 0 aromatic heterocycles. The van der Waals surface area contributed by atoms with Gasteiger partial charge < -0.3 is 10.1 Å². The second kappa shape index (κ2) is 9.89. The quantitative estimate of drug-likeness (QED) is 0.265. The van der Waals surface area contributed by atoms with Crippen LogP contribution in [0.5, 0.6) is 5.75 Å². The van der Waals surface area contributed by atoms with Gasteiger partial charge in [-0.3, -0.25) is 14.9 Å². The maximum Gasteiger partial charge on any atom is 0.269 e. The first-order valence-electron chi connectivity index (χ1n) is 9.89. The minimum absolute atomic E-state index is 0.0232. The van der Waals surface area contributed by atoms with Crippen LogP contribution in [0.4, 0.5) is 11.4 Å². The van der Waals surface area contributed by atoms with Crippen molar-refractivity contribution in [3.05, 3.63) is 103 Å². The molecule has 1 saturated heterocycles. The fraction of sp³-hybridized carbons (Fsp3) is 0.0833. The number of amides is 1. The molecule has 4 rings (SSSR count). The van der Waals surface area contributed by atoms with Crippen LogP contribution in [0, 0.1) is 17.0 Å². The monoisotopic (exact) mass is 479 g/mol. The molecule has 0 unspecified atom stereocenters. The minimum Gasteiger partial charge on any atom is -0.487 e. The Kier molecular flexibility index (Phi) is 6.76. The summed E-state index contributed by atoms with van der Waals surface area (Å²) in [4.78, 5) is 27.6. The van der Waals surface area contributed by atoms with Crippen molar-refractivity contribution in [1.29, 1.82) is 0 Å². The zero-order valence-electron chi connectivity index (χ0n) is 17.4. The molecule has 0 bridgehead atoms. The molecule has 9 heteroatoms. The number of halogens is 1. The molecule has 7 nitrogen and oxygen atoms in total. The molecule has 33 heavy (non-hydrogen) atoms. The zero-order valence-corrected chi connectivity index (χ0v) is 19.0. The van der Waals surface area contributed by atoms with Crippen molar-refractivity contribution in [1.82, 2.24) is 5.32 Å². The van der Waals surface area contributed by atoms with Crippen LogP contribution in [0.1, 0.15) is 16.7 Å². The van der Waals surface area contributed by atoms with Gasteiger partial charge in [0.25, 0.3) is 11.6 Å². The molecule has 0 radical (unpaired) electrons. The van der Waals surface area contributed by atoms with Gasteiger partial charge in [-0.1, -0.05) is 35.4 Å². The fourth-order valence-corrected chi connectivity index (χ4v) is 4.05. The Morgan fingerprint density at radius 1 is 1.12 bits per heavy atom. The van der Waals surface area contributed by atoms with Crippen LogP contribution < -0.4 is 10.1 Å². The number of ether oxygens (including phenoxy) is 1. The van der Waals surface area contributed by atoms with Crippen molar-refractivity contribution in [3.63, 3.8) is 0 Å². The standard InChI is InChI=1S/C24H18ClN3O4S/c1-15-2-7-18(8-3-15)26-24-27-23(29)22(33-24)13-17-6-11-21(20(25)12-17)32-14-16-4-9-19(10-5-16)28(30)31/h2-13H,14H2,1H3,(H,26,27,29)/b22-13-. The lowest BCUT2D eigenvalue weighted by Crippen LogP contribution is -2.19. The minimum atomic E-state index is -0.449. The SMILES string of the molecule is Cc1ccc(N=C2NC(=O)/C(=C/c3ccc(OCc4ccc([N+](=O)[O-])cc4)c(Cl)c3)S2)cc1. The van der Waals surface area contributed by atoms with Gasteiger partial charge in [0.1, 0.15) is 12.4 Å². The van der Waals surface area contributed by atoms with E-state index in [1.165, 1.54) is 23.9 Å². The summed E-state index contributed by atoms with van der Waals surface area (Å²) in [5.74, 6) is 0.253. The van der Waals surface area contributed by atoms with Crippen LogP contribution in [0.15, 0.2) is 76.6 Å². The van der Waals surface area contributed by atoms with Crippen molar-refractivity contribution in [2.75, 3.05) is 0 Å². The number of amidine groups is 1. The molecule has 1 amide bonds. The van der Waals surface area contributed by atoms with Gasteiger partial charge in [-0.25, -0.2) is 4.99 Å². The molecule has 3 aromatic carbocycles. The van der Waals surface area contributed by atoms with Gasteiger partial charge in [0.15, 0.2) is 5.17 Å². The first-order valence-corrected chi connectivity index (χ1v) is 11.1. The van der Waals surface area contributed by atoms with Gasteiger partial charge in [0.05, 0.1) is 20.5 Å². The van der Waals surface area contributed by atoms with E-state index in [0.717, 1.165) is 22.4 Å². The molecule has 0 aliphatic carbocycles. The number of aryl methyl sites for hydroxylation is 1. The summed E-state index contributed by atoms with van der Waals surface area (Å²) >= 11 is 7.62. The van der Waals surface area contributed by atoms with Gasteiger partial charge in [0.2, 0.25) is 0 Å². The molecular weight excluding hydrogens is 462 g/mol.